The molecule has 0 amide bonds. The van der Waals surface area contributed by atoms with Crippen LogP contribution in [-0.2, 0) is 0 Å². The van der Waals surface area contributed by atoms with Crippen LogP contribution in [-0.4, -0.2) is 0 Å². The number of rotatable bonds is 1. The van der Waals surface area contributed by atoms with Crippen molar-refractivity contribution in [2.75, 3.05) is 0 Å². The van der Waals surface area contributed by atoms with Crippen molar-refractivity contribution in [2.24, 2.45) is 0 Å². The fraction of sp³-hybridized carbons (Fsp3) is 0. The molecule has 0 unspecified atom stereocenters. The Morgan fingerprint density at radius 2 is 1.50 bits per heavy atom. The van der Waals surface area contributed by atoms with Crippen molar-refractivity contribution >= 4 is 0 Å². The minimum atomic E-state index is 0.901. The largest absolute Gasteiger partial charge is 0.359 e. The van der Waals surface area contributed by atoms with Gasteiger partial charge in [-0.1, -0.05) is 18.2 Å². The third-order valence-electron chi connectivity index (χ3n) is 1.69. The van der Waals surface area contributed by atoms with Gasteiger partial charge in [0.05, 0.1) is 5.56 Å². The summed E-state index contributed by atoms with van der Waals surface area (Å²) in [5.74, 6) is 0.901. The van der Waals surface area contributed by atoms with E-state index >= 15 is 0 Å². The summed E-state index contributed by atoms with van der Waals surface area (Å²) in [5, 5.41) is 0. The van der Waals surface area contributed by atoms with Crippen molar-refractivity contribution in [2.45, 2.75) is 0 Å². The number of benzene rings is 1. The van der Waals surface area contributed by atoms with Crippen molar-refractivity contribution in [3.05, 3.63) is 54.8 Å². The molecule has 0 N–H and O–H groups in total. The molecule has 0 atom stereocenters. The van der Waals surface area contributed by atoms with Gasteiger partial charge in [0.2, 0.25) is 0 Å². The van der Waals surface area contributed by atoms with Crippen LogP contribution in [0.3, 0.4) is 0 Å². The highest BCUT2D eigenvalue weighted by atomic mass is 16.3. The maximum atomic E-state index is 5.31. The summed E-state index contributed by atoms with van der Waals surface area (Å²) in [4.78, 5) is 0. The van der Waals surface area contributed by atoms with Crippen LogP contribution in [0.1, 0.15) is 0 Å². The van der Waals surface area contributed by atoms with E-state index in [2.05, 4.69) is 0 Å². The van der Waals surface area contributed by atoms with Gasteiger partial charge in [0.25, 0.3) is 0 Å². The Bertz CT molecular complexity index is 302. The van der Waals surface area contributed by atoms with Gasteiger partial charge in [0.1, 0.15) is 0 Å². The Balaban J connectivity index is 2.46. The van der Waals surface area contributed by atoms with Gasteiger partial charge < -0.3 is 0 Å². The van der Waals surface area contributed by atoms with Gasteiger partial charge >= 0.3 is 12.0 Å². The van der Waals surface area contributed by atoms with E-state index in [9.17, 15) is 0 Å². The van der Waals surface area contributed by atoms with Crippen LogP contribution in [0.25, 0.3) is 11.3 Å². The zero-order chi connectivity index (χ0) is 8.23. The Hall–Kier alpha value is -1.63. The van der Waals surface area contributed by atoms with Gasteiger partial charge in [0.15, 0.2) is 0 Å². The van der Waals surface area contributed by atoms with E-state index < -0.39 is 0 Å². The SMILES string of the molecule is c1ccc(-c2cccc[o+]2)cc1. The predicted molar refractivity (Wildman–Crippen MR) is 48.6 cm³/mol. The van der Waals surface area contributed by atoms with Crippen LogP contribution in [0.5, 0.6) is 0 Å². The molecule has 0 bridgehead atoms. The molecule has 1 nitrogen and oxygen atoms in total. The number of hydrogen-bond acceptors (Lipinski definition) is 0. The Morgan fingerprint density at radius 3 is 2.17 bits per heavy atom. The molecule has 0 aliphatic carbocycles. The fourth-order valence-electron chi connectivity index (χ4n) is 1.11. The molecule has 0 spiro atoms. The minimum Gasteiger partial charge on any atom is -0.216 e. The first-order chi connectivity index (χ1) is 5.97. The Morgan fingerprint density at radius 1 is 0.750 bits per heavy atom. The molecule has 0 aliphatic heterocycles. The first-order valence-electron chi connectivity index (χ1n) is 3.89. The highest BCUT2D eigenvalue weighted by molar-refractivity contribution is 5.56. The lowest BCUT2D eigenvalue weighted by Gasteiger charge is -1.87. The summed E-state index contributed by atoms with van der Waals surface area (Å²) >= 11 is 0. The lowest BCUT2D eigenvalue weighted by atomic mass is 10.2. The predicted octanol–water partition coefficient (Wildman–Crippen LogP) is 3.23. The van der Waals surface area contributed by atoms with Gasteiger partial charge in [-0.2, -0.15) is 0 Å². The zero-order valence-corrected chi connectivity index (χ0v) is 6.60. The summed E-state index contributed by atoms with van der Waals surface area (Å²) in [6, 6.07) is 15.8. The minimum absolute atomic E-state index is 0.901. The van der Waals surface area contributed by atoms with Crippen LogP contribution in [0, 0.1) is 0 Å². The van der Waals surface area contributed by atoms with Gasteiger partial charge in [-0.05, 0) is 18.2 Å². The van der Waals surface area contributed by atoms with E-state index in [1.807, 2.05) is 48.5 Å². The van der Waals surface area contributed by atoms with Crippen molar-refractivity contribution < 1.29 is 4.42 Å². The van der Waals surface area contributed by atoms with Crippen LogP contribution >= 0.6 is 0 Å². The average molecular weight is 157 g/mol. The standard InChI is InChI=1S/C11H9O/c1-2-6-10(7-3-1)11-8-4-5-9-12-11/h1-9H/q+1. The lowest BCUT2D eigenvalue weighted by molar-refractivity contribution is 0.566. The summed E-state index contributed by atoms with van der Waals surface area (Å²) in [5.41, 5.74) is 1.11. The second-order valence-electron chi connectivity index (χ2n) is 2.54. The van der Waals surface area contributed by atoms with E-state index in [-0.39, 0.29) is 0 Å². The van der Waals surface area contributed by atoms with Crippen LogP contribution < -0.4 is 0 Å². The molecule has 0 saturated heterocycles. The van der Waals surface area contributed by atoms with Crippen molar-refractivity contribution in [1.29, 1.82) is 0 Å². The smallest absolute Gasteiger partial charge is 0.216 e. The topological polar surface area (TPSA) is 11.3 Å². The quantitative estimate of drug-likeness (QED) is 0.578. The van der Waals surface area contributed by atoms with Crippen LogP contribution in [0.15, 0.2) is 59.2 Å². The van der Waals surface area contributed by atoms with Crippen LogP contribution in [0.4, 0.5) is 0 Å². The van der Waals surface area contributed by atoms with Crippen LogP contribution in [0.2, 0.25) is 0 Å². The first kappa shape index (κ1) is 7.04. The Kier molecular flexibility index (Phi) is 1.87. The molecule has 0 saturated carbocycles. The molecule has 2 rings (SSSR count). The molecule has 1 heteroatoms. The van der Waals surface area contributed by atoms with Crippen molar-refractivity contribution in [1.82, 2.24) is 0 Å². The maximum absolute atomic E-state index is 5.31. The second kappa shape index (κ2) is 3.18. The van der Waals surface area contributed by atoms with E-state index in [1.165, 1.54) is 0 Å². The third kappa shape index (κ3) is 1.35. The van der Waals surface area contributed by atoms with Gasteiger partial charge in [-0.25, -0.2) is 4.42 Å². The summed E-state index contributed by atoms with van der Waals surface area (Å²) in [6.07, 6.45) is 1.68. The van der Waals surface area contributed by atoms with Crippen molar-refractivity contribution in [3.63, 3.8) is 0 Å². The molecule has 1 aromatic carbocycles. The third-order valence-corrected chi connectivity index (χ3v) is 1.69. The lowest BCUT2D eigenvalue weighted by Crippen LogP contribution is -1.73. The summed E-state index contributed by atoms with van der Waals surface area (Å²) in [6.45, 7) is 0. The normalized spacial score (nSPS) is 9.67. The molecule has 58 valence electrons. The molecule has 0 radical (unpaired) electrons. The van der Waals surface area contributed by atoms with Crippen molar-refractivity contribution in [3.8, 4) is 11.3 Å². The zero-order valence-electron chi connectivity index (χ0n) is 6.60. The molecular formula is C11H9O+. The molecule has 0 aliphatic rings. The molecule has 1 aromatic heterocycles. The summed E-state index contributed by atoms with van der Waals surface area (Å²) < 4.78 is 5.31. The molecule has 0 fully saturated rings. The van der Waals surface area contributed by atoms with E-state index in [0.29, 0.717) is 0 Å². The Labute approximate surface area is 71.3 Å². The van der Waals surface area contributed by atoms with E-state index in [4.69, 9.17) is 4.42 Å². The number of hydrogen-bond donors (Lipinski definition) is 0. The highest BCUT2D eigenvalue weighted by Gasteiger charge is 2.06. The summed E-state index contributed by atoms with van der Waals surface area (Å²) in [7, 11) is 0. The monoisotopic (exact) mass is 157 g/mol. The van der Waals surface area contributed by atoms with Gasteiger partial charge in [0, 0.05) is 12.1 Å². The van der Waals surface area contributed by atoms with Gasteiger partial charge in [-0.3, -0.25) is 0 Å². The molecule has 1 heterocycles. The van der Waals surface area contributed by atoms with Gasteiger partial charge in [-0.15, -0.1) is 0 Å². The first-order valence-corrected chi connectivity index (χ1v) is 3.89. The highest BCUT2D eigenvalue weighted by Crippen LogP contribution is 2.17. The van der Waals surface area contributed by atoms with E-state index in [0.717, 1.165) is 11.3 Å². The maximum Gasteiger partial charge on any atom is 0.359 e. The average Bonchev–Trinajstić information content (AvgIpc) is 2.21. The molecular weight excluding hydrogens is 148 g/mol. The molecule has 2 aromatic rings. The van der Waals surface area contributed by atoms with E-state index in [1.54, 1.807) is 6.26 Å². The second-order valence-corrected chi connectivity index (χ2v) is 2.54. The molecule has 12 heavy (non-hydrogen) atoms. The fourth-order valence-corrected chi connectivity index (χ4v) is 1.11.